The van der Waals surface area contributed by atoms with Gasteiger partial charge in [0.25, 0.3) is 5.89 Å². The van der Waals surface area contributed by atoms with Crippen molar-refractivity contribution in [3.05, 3.63) is 40.6 Å². The van der Waals surface area contributed by atoms with E-state index in [1.54, 1.807) is 6.92 Å². The summed E-state index contributed by atoms with van der Waals surface area (Å²) < 4.78 is 11.1. The lowest BCUT2D eigenvalue weighted by atomic mass is 10.1. The minimum atomic E-state index is 0.301. The number of aromatic nitrogens is 2. The maximum Gasteiger partial charge on any atom is 0.253 e. The van der Waals surface area contributed by atoms with Crippen molar-refractivity contribution in [3.8, 4) is 5.75 Å². The Morgan fingerprint density at radius 1 is 1.15 bits per heavy atom. The van der Waals surface area contributed by atoms with Crippen molar-refractivity contribution < 1.29 is 9.15 Å². The Bertz CT molecular complexity index is 555. The van der Waals surface area contributed by atoms with Gasteiger partial charge < -0.3 is 14.5 Å². The second kappa shape index (κ2) is 6.52. The SMILES string of the molecule is CCNCc1cc(C)c(OCc2nnc(C)o2)c(C)c1. The van der Waals surface area contributed by atoms with Crippen LogP contribution in [0.4, 0.5) is 0 Å². The molecule has 0 aliphatic heterocycles. The molecule has 0 spiro atoms. The number of hydrogen-bond acceptors (Lipinski definition) is 5. The summed E-state index contributed by atoms with van der Waals surface area (Å²) >= 11 is 0. The van der Waals surface area contributed by atoms with Crippen LogP contribution in [0.2, 0.25) is 0 Å². The molecule has 0 unspecified atom stereocenters. The summed E-state index contributed by atoms with van der Waals surface area (Å²) in [6.07, 6.45) is 0. The molecule has 0 saturated carbocycles. The lowest BCUT2D eigenvalue weighted by Crippen LogP contribution is -2.12. The zero-order valence-electron chi connectivity index (χ0n) is 12.5. The molecule has 1 N–H and O–H groups in total. The Labute approximate surface area is 119 Å². The average molecular weight is 275 g/mol. The highest BCUT2D eigenvalue weighted by Crippen LogP contribution is 2.25. The van der Waals surface area contributed by atoms with E-state index in [2.05, 4.69) is 48.4 Å². The molecule has 20 heavy (non-hydrogen) atoms. The number of aryl methyl sites for hydroxylation is 3. The molecule has 0 fully saturated rings. The zero-order chi connectivity index (χ0) is 14.5. The van der Waals surface area contributed by atoms with Gasteiger partial charge in [-0.05, 0) is 37.1 Å². The molecule has 5 heteroatoms. The molecule has 0 saturated heterocycles. The van der Waals surface area contributed by atoms with Crippen LogP contribution >= 0.6 is 0 Å². The molecule has 2 rings (SSSR count). The number of benzene rings is 1. The Balaban J connectivity index is 2.07. The van der Waals surface area contributed by atoms with Crippen LogP contribution in [0.25, 0.3) is 0 Å². The molecule has 2 aromatic rings. The summed E-state index contributed by atoms with van der Waals surface area (Å²) in [7, 11) is 0. The Hall–Kier alpha value is -1.88. The Kier molecular flexibility index (Phi) is 4.74. The van der Waals surface area contributed by atoms with Gasteiger partial charge in [-0.2, -0.15) is 0 Å². The standard InChI is InChI=1S/C15H21N3O2/c1-5-16-8-13-6-10(2)15(11(3)7-13)19-9-14-18-17-12(4)20-14/h6-7,16H,5,8-9H2,1-4H3. The third-order valence-corrected chi connectivity index (χ3v) is 3.01. The summed E-state index contributed by atoms with van der Waals surface area (Å²) in [5.41, 5.74) is 3.51. The molecule has 1 heterocycles. The van der Waals surface area contributed by atoms with Crippen molar-refractivity contribution in [2.45, 2.75) is 40.8 Å². The van der Waals surface area contributed by atoms with Crippen LogP contribution in [0.15, 0.2) is 16.5 Å². The first kappa shape index (κ1) is 14.5. The maximum absolute atomic E-state index is 5.81. The molecule has 1 aromatic heterocycles. The predicted molar refractivity (Wildman–Crippen MR) is 76.7 cm³/mol. The van der Waals surface area contributed by atoms with Crippen molar-refractivity contribution in [2.75, 3.05) is 6.54 Å². The van der Waals surface area contributed by atoms with Gasteiger partial charge in [-0.1, -0.05) is 19.1 Å². The largest absolute Gasteiger partial charge is 0.483 e. The van der Waals surface area contributed by atoms with Crippen LogP contribution < -0.4 is 10.1 Å². The van der Waals surface area contributed by atoms with Gasteiger partial charge in [0.1, 0.15) is 5.75 Å². The summed E-state index contributed by atoms with van der Waals surface area (Å²) in [6.45, 7) is 10.1. The van der Waals surface area contributed by atoms with Crippen molar-refractivity contribution in [1.82, 2.24) is 15.5 Å². The van der Waals surface area contributed by atoms with Gasteiger partial charge in [0.2, 0.25) is 5.89 Å². The quantitative estimate of drug-likeness (QED) is 0.878. The summed E-state index contributed by atoms with van der Waals surface area (Å²) in [5, 5.41) is 11.0. The zero-order valence-corrected chi connectivity index (χ0v) is 12.5. The second-order valence-corrected chi connectivity index (χ2v) is 4.84. The molecule has 1 aromatic carbocycles. The van der Waals surface area contributed by atoms with E-state index in [1.165, 1.54) is 5.56 Å². The second-order valence-electron chi connectivity index (χ2n) is 4.84. The smallest absolute Gasteiger partial charge is 0.253 e. The summed E-state index contributed by atoms with van der Waals surface area (Å²) in [6, 6.07) is 4.29. The fourth-order valence-electron chi connectivity index (χ4n) is 2.17. The van der Waals surface area contributed by atoms with E-state index in [1.807, 2.05) is 0 Å². The molecule has 0 amide bonds. The van der Waals surface area contributed by atoms with Crippen molar-refractivity contribution in [2.24, 2.45) is 0 Å². The molecule has 0 atom stereocenters. The average Bonchev–Trinajstić information content (AvgIpc) is 2.81. The lowest BCUT2D eigenvalue weighted by Gasteiger charge is -2.13. The molecular weight excluding hydrogens is 254 g/mol. The predicted octanol–water partition coefficient (Wildman–Crippen LogP) is 2.68. The van der Waals surface area contributed by atoms with Gasteiger partial charge in [-0.15, -0.1) is 10.2 Å². The Morgan fingerprint density at radius 2 is 1.85 bits per heavy atom. The highest BCUT2D eigenvalue weighted by atomic mass is 16.5. The number of rotatable bonds is 6. The van der Waals surface area contributed by atoms with Crippen LogP contribution in [0.1, 0.15) is 35.4 Å². The number of hydrogen-bond donors (Lipinski definition) is 1. The van der Waals surface area contributed by atoms with E-state index in [-0.39, 0.29) is 0 Å². The van der Waals surface area contributed by atoms with Gasteiger partial charge in [-0.3, -0.25) is 0 Å². The highest BCUT2D eigenvalue weighted by Gasteiger charge is 2.09. The van der Waals surface area contributed by atoms with E-state index in [9.17, 15) is 0 Å². The topological polar surface area (TPSA) is 60.2 Å². The first-order valence-electron chi connectivity index (χ1n) is 6.82. The minimum Gasteiger partial charge on any atom is -0.483 e. The van der Waals surface area contributed by atoms with E-state index in [0.717, 1.165) is 30.0 Å². The summed E-state index contributed by atoms with van der Waals surface area (Å²) in [5.74, 6) is 1.94. The van der Waals surface area contributed by atoms with Crippen LogP contribution in [0, 0.1) is 20.8 Å². The van der Waals surface area contributed by atoms with Gasteiger partial charge in [-0.25, -0.2) is 0 Å². The van der Waals surface area contributed by atoms with Crippen molar-refractivity contribution in [1.29, 1.82) is 0 Å². The van der Waals surface area contributed by atoms with Crippen LogP contribution in [-0.4, -0.2) is 16.7 Å². The van der Waals surface area contributed by atoms with Crippen LogP contribution in [0.3, 0.4) is 0 Å². The van der Waals surface area contributed by atoms with Crippen molar-refractivity contribution in [3.63, 3.8) is 0 Å². The molecular formula is C15H21N3O2. The molecule has 0 radical (unpaired) electrons. The summed E-state index contributed by atoms with van der Waals surface area (Å²) in [4.78, 5) is 0. The fraction of sp³-hybridized carbons (Fsp3) is 0.467. The number of nitrogens with one attached hydrogen (secondary N) is 1. The molecule has 0 aliphatic carbocycles. The molecule has 5 nitrogen and oxygen atoms in total. The monoisotopic (exact) mass is 275 g/mol. The lowest BCUT2D eigenvalue weighted by molar-refractivity contribution is 0.257. The molecule has 0 aliphatic rings. The maximum atomic E-state index is 5.81. The molecule has 0 bridgehead atoms. The van der Waals surface area contributed by atoms with Crippen LogP contribution in [0.5, 0.6) is 5.75 Å². The van der Waals surface area contributed by atoms with Gasteiger partial charge in [0.15, 0.2) is 6.61 Å². The normalized spacial score (nSPS) is 10.8. The molecule has 108 valence electrons. The third kappa shape index (κ3) is 3.57. The van der Waals surface area contributed by atoms with Gasteiger partial charge in [0.05, 0.1) is 0 Å². The highest BCUT2D eigenvalue weighted by molar-refractivity contribution is 5.43. The van der Waals surface area contributed by atoms with Gasteiger partial charge in [0, 0.05) is 13.5 Å². The Morgan fingerprint density at radius 3 is 2.40 bits per heavy atom. The first-order valence-corrected chi connectivity index (χ1v) is 6.82. The minimum absolute atomic E-state index is 0.301. The number of ether oxygens (including phenoxy) is 1. The fourth-order valence-corrected chi connectivity index (χ4v) is 2.17. The van der Waals surface area contributed by atoms with E-state index >= 15 is 0 Å². The van der Waals surface area contributed by atoms with Gasteiger partial charge >= 0.3 is 0 Å². The van der Waals surface area contributed by atoms with E-state index in [4.69, 9.17) is 9.15 Å². The van der Waals surface area contributed by atoms with E-state index in [0.29, 0.717) is 18.4 Å². The first-order chi connectivity index (χ1) is 9.60. The van der Waals surface area contributed by atoms with Crippen LogP contribution in [-0.2, 0) is 13.2 Å². The third-order valence-electron chi connectivity index (χ3n) is 3.01. The van der Waals surface area contributed by atoms with E-state index < -0.39 is 0 Å². The number of nitrogens with zero attached hydrogens (tertiary/aromatic N) is 2. The van der Waals surface area contributed by atoms with Crippen molar-refractivity contribution >= 4 is 0 Å².